The third-order valence-corrected chi connectivity index (χ3v) is 3.02. The van der Waals surface area contributed by atoms with Crippen molar-refractivity contribution in [1.82, 2.24) is 5.32 Å². The Kier molecular flexibility index (Phi) is 6.56. The van der Waals surface area contributed by atoms with E-state index in [1.165, 1.54) is 11.1 Å². The largest absolute Gasteiger partial charge is 0.370 e. The lowest BCUT2D eigenvalue weighted by Gasteiger charge is -2.14. The first-order valence-corrected chi connectivity index (χ1v) is 7.06. The van der Waals surface area contributed by atoms with E-state index >= 15 is 0 Å². The molecule has 0 aliphatic carbocycles. The molecule has 0 spiro atoms. The Morgan fingerprint density at radius 3 is 2.30 bits per heavy atom. The number of guanidine groups is 1. The number of nitrogens with two attached hydrogens (primary N) is 1. The predicted molar refractivity (Wildman–Crippen MR) is 84.0 cm³/mol. The highest BCUT2D eigenvalue weighted by Gasteiger charge is 2.07. The van der Waals surface area contributed by atoms with Crippen molar-refractivity contribution in [3.05, 3.63) is 29.3 Å². The molecule has 0 unspecified atom stereocenters. The molecule has 1 rings (SSSR count). The van der Waals surface area contributed by atoms with Crippen molar-refractivity contribution in [2.24, 2.45) is 10.7 Å². The summed E-state index contributed by atoms with van der Waals surface area (Å²) >= 11 is 0. The fourth-order valence-corrected chi connectivity index (χ4v) is 1.98. The summed E-state index contributed by atoms with van der Waals surface area (Å²) in [5.74, 6) is 0.142. The standard InChI is InChI=1S/C15H24N4O/c1-4-11-8-7-9-12(5-2)14(11)19-15(16)18-10-13(20)17-6-3/h7-9H,4-6,10H2,1-3H3,(H,17,20)(H3,16,18,19). The SMILES string of the molecule is CCNC(=O)CN=C(N)Nc1c(CC)cccc1CC. The van der Waals surface area contributed by atoms with Crippen LogP contribution in [0.5, 0.6) is 0 Å². The van der Waals surface area contributed by atoms with Crippen molar-refractivity contribution >= 4 is 17.6 Å². The van der Waals surface area contributed by atoms with E-state index in [2.05, 4.69) is 41.6 Å². The Bertz CT molecular complexity index is 461. The van der Waals surface area contributed by atoms with Crippen LogP contribution in [0.3, 0.4) is 0 Å². The van der Waals surface area contributed by atoms with E-state index in [9.17, 15) is 4.79 Å². The number of carbonyl (C=O) groups excluding carboxylic acids is 1. The summed E-state index contributed by atoms with van der Waals surface area (Å²) < 4.78 is 0. The number of anilines is 1. The summed E-state index contributed by atoms with van der Waals surface area (Å²) in [6.45, 7) is 6.71. The Hall–Kier alpha value is -2.04. The monoisotopic (exact) mass is 276 g/mol. The van der Waals surface area contributed by atoms with E-state index in [0.29, 0.717) is 6.54 Å². The summed E-state index contributed by atoms with van der Waals surface area (Å²) in [5.41, 5.74) is 9.26. The minimum atomic E-state index is -0.128. The van der Waals surface area contributed by atoms with Crippen LogP contribution >= 0.6 is 0 Å². The lowest BCUT2D eigenvalue weighted by Crippen LogP contribution is -2.29. The molecule has 0 heterocycles. The van der Waals surface area contributed by atoms with Crippen LogP contribution in [-0.4, -0.2) is 25.0 Å². The Balaban J connectivity index is 2.81. The smallest absolute Gasteiger partial charge is 0.241 e. The molecule has 110 valence electrons. The molecule has 0 aliphatic heterocycles. The molecular weight excluding hydrogens is 252 g/mol. The molecule has 0 saturated heterocycles. The molecule has 5 nitrogen and oxygen atoms in total. The summed E-state index contributed by atoms with van der Waals surface area (Å²) in [5, 5.41) is 5.81. The van der Waals surface area contributed by atoms with Crippen LogP contribution in [0.25, 0.3) is 0 Å². The Morgan fingerprint density at radius 1 is 1.20 bits per heavy atom. The van der Waals surface area contributed by atoms with Crippen LogP contribution in [-0.2, 0) is 17.6 Å². The molecule has 0 aliphatic rings. The number of amides is 1. The molecule has 0 aromatic heterocycles. The summed E-state index contributed by atoms with van der Waals surface area (Å²) in [6.07, 6.45) is 1.83. The van der Waals surface area contributed by atoms with Gasteiger partial charge in [-0.05, 0) is 30.9 Å². The number of nitrogens with one attached hydrogen (secondary N) is 2. The Morgan fingerprint density at radius 2 is 1.80 bits per heavy atom. The molecule has 1 aromatic rings. The summed E-state index contributed by atoms with van der Waals surface area (Å²) in [7, 11) is 0. The number of hydrogen-bond acceptors (Lipinski definition) is 2. The molecule has 0 bridgehead atoms. The van der Waals surface area contributed by atoms with Crippen LogP contribution in [0.4, 0.5) is 5.69 Å². The lowest BCUT2D eigenvalue weighted by molar-refractivity contribution is -0.119. The molecule has 0 atom stereocenters. The second-order valence-electron chi connectivity index (χ2n) is 4.44. The number of rotatable bonds is 6. The first-order chi connectivity index (χ1) is 9.62. The zero-order chi connectivity index (χ0) is 15.0. The lowest BCUT2D eigenvalue weighted by atomic mass is 10.0. The third-order valence-electron chi connectivity index (χ3n) is 3.02. The van der Waals surface area contributed by atoms with E-state index in [0.717, 1.165) is 18.5 Å². The van der Waals surface area contributed by atoms with Gasteiger partial charge in [0.05, 0.1) is 0 Å². The van der Waals surface area contributed by atoms with Crippen molar-refractivity contribution in [2.75, 3.05) is 18.4 Å². The number of aryl methyl sites for hydroxylation is 2. The van der Waals surface area contributed by atoms with Crippen LogP contribution in [0.15, 0.2) is 23.2 Å². The van der Waals surface area contributed by atoms with Gasteiger partial charge in [-0.25, -0.2) is 4.99 Å². The quantitative estimate of drug-likeness (QED) is 0.546. The van der Waals surface area contributed by atoms with Gasteiger partial charge in [0, 0.05) is 12.2 Å². The number of benzene rings is 1. The first-order valence-electron chi connectivity index (χ1n) is 7.06. The van der Waals surface area contributed by atoms with E-state index in [1.54, 1.807) is 0 Å². The maximum absolute atomic E-state index is 11.3. The number of nitrogens with zero attached hydrogens (tertiary/aromatic N) is 1. The van der Waals surface area contributed by atoms with Gasteiger partial charge >= 0.3 is 0 Å². The molecular formula is C15H24N4O. The highest BCUT2D eigenvalue weighted by atomic mass is 16.1. The highest BCUT2D eigenvalue weighted by Crippen LogP contribution is 2.22. The van der Waals surface area contributed by atoms with Gasteiger partial charge in [0.1, 0.15) is 6.54 Å². The van der Waals surface area contributed by atoms with Gasteiger partial charge in [-0.1, -0.05) is 32.0 Å². The topological polar surface area (TPSA) is 79.5 Å². The maximum Gasteiger partial charge on any atom is 0.241 e. The molecule has 1 amide bonds. The number of carbonyl (C=O) groups is 1. The molecule has 0 radical (unpaired) electrons. The average Bonchev–Trinajstić information content (AvgIpc) is 2.45. The minimum Gasteiger partial charge on any atom is -0.370 e. The van der Waals surface area contributed by atoms with Crippen molar-refractivity contribution < 1.29 is 4.79 Å². The van der Waals surface area contributed by atoms with Gasteiger partial charge in [-0.2, -0.15) is 0 Å². The zero-order valence-corrected chi connectivity index (χ0v) is 12.5. The number of aliphatic imine (C=N–C) groups is 1. The molecule has 0 saturated carbocycles. The predicted octanol–water partition coefficient (Wildman–Crippen LogP) is 1.67. The Labute approximate surface area is 120 Å². The van der Waals surface area contributed by atoms with Crippen LogP contribution < -0.4 is 16.4 Å². The van der Waals surface area contributed by atoms with E-state index in [1.807, 2.05) is 13.0 Å². The van der Waals surface area contributed by atoms with Crippen molar-refractivity contribution in [3.8, 4) is 0 Å². The highest BCUT2D eigenvalue weighted by molar-refractivity contribution is 5.95. The van der Waals surface area contributed by atoms with Crippen molar-refractivity contribution in [3.63, 3.8) is 0 Å². The van der Waals surface area contributed by atoms with E-state index in [4.69, 9.17) is 5.73 Å². The third kappa shape index (κ3) is 4.57. The van der Waals surface area contributed by atoms with E-state index in [-0.39, 0.29) is 18.4 Å². The fraction of sp³-hybridized carbons (Fsp3) is 0.467. The van der Waals surface area contributed by atoms with Gasteiger partial charge in [0.2, 0.25) is 5.91 Å². The van der Waals surface area contributed by atoms with Gasteiger partial charge in [0.25, 0.3) is 0 Å². The molecule has 0 fully saturated rings. The van der Waals surface area contributed by atoms with Gasteiger partial charge in [0.15, 0.2) is 5.96 Å². The average molecular weight is 276 g/mol. The molecule has 4 N–H and O–H groups in total. The van der Waals surface area contributed by atoms with E-state index < -0.39 is 0 Å². The van der Waals surface area contributed by atoms with Crippen LogP contribution in [0, 0.1) is 0 Å². The molecule has 5 heteroatoms. The van der Waals surface area contributed by atoms with Crippen LogP contribution in [0.1, 0.15) is 31.9 Å². The first kappa shape index (κ1) is 16.0. The zero-order valence-electron chi connectivity index (χ0n) is 12.5. The molecule has 20 heavy (non-hydrogen) atoms. The van der Waals surface area contributed by atoms with Gasteiger partial charge < -0.3 is 16.4 Å². The fourth-order valence-electron chi connectivity index (χ4n) is 1.98. The van der Waals surface area contributed by atoms with Crippen molar-refractivity contribution in [2.45, 2.75) is 33.6 Å². The van der Waals surface area contributed by atoms with Gasteiger partial charge in [-0.3, -0.25) is 4.79 Å². The van der Waals surface area contributed by atoms with Crippen molar-refractivity contribution in [1.29, 1.82) is 0 Å². The minimum absolute atomic E-state index is 0.0441. The number of para-hydroxylation sites is 1. The number of hydrogen-bond donors (Lipinski definition) is 3. The summed E-state index contributed by atoms with van der Waals surface area (Å²) in [4.78, 5) is 15.4. The maximum atomic E-state index is 11.3. The normalized spacial score (nSPS) is 11.2. The summed E-state index contributed by atoms with van der Waals surface area (Å²) in [6, 6.07) is 6.18. The molecule has 1 aromatic carbocycles. The van der Waals surface area contributed by atoms with Gasteiger partial charge in [-0.15, -0.1) is 0 Å². The van der Waals surface area contributed by atoms with Crippen LogP contribution in [0.2, 0.25) is 0 Å². The second kappa shape index (κ2) is 8.19. The second-order valence-corrected chi connectivity index (χ2v) is 4.44. The number of likely N-dealkylation sites (N-methyl/N-ethyl adjacent to an activating group) is 1.